The maximum Gasteiger partial charge on any atom is 0.0665 e. The van der Waals surface area contributed by atoms with Crippen LogP contribution in [0.2, 0.25) is 0 Å². The molecule has 2 rings (SSSR count). The van der Waals surface area contributed by atoms with Crippen LogP contribution in [0.25, 0.3) is 0 Å². The molecule has 0 bridgehead atoms. The smallest absolute Gasteiger partial charge is 0.0665 e. The molecule has 0 aromatic carbocycles. The lowest BCUT2D eigenvalue weighted by Crippen LogP contribution is -2.22. The monoisotopic (exact) mass is 212 g/mol. The lowest BCUT2D eigenvalue weighted by Gasteiger charge is -2.28. The molecule has 78 valence electrons. The van der Waals surface area contributed by atoms with Crippen LogP contribution in [0, 0.1) is 5.41 Å². The highest BCUT2D eigenvalue weighted by molar-refractivity contribution is 6.17. The third-order valence-electron chi connectivity index (χ3n) is 3.18. The van der Waals surface area contributed by atoms with Crippen molar-refractivity contribution in [2.24, 2.45) is 12.5 Å². The standard InChI is InChI=1S/C11H17ClN2/c1-11(2)5-4-8-9(6-11)13-14(3)10(8)7-12/h4-7H2,1-3H3. The summed E-state index contributed by atoms with van der Waals surface area (Å²) in [6, 6.07) is 0. The average Bonchev–Trinajstić information content (AvgIpc) is 2.37. The number of aryl methyl sites for hydroxylation is 1. The van der Waals surface area contributed by atoms with Crippen LogP contribution in [0.3, 0.4) is 0 Å². The van der Waals surface area contributed by atoms with E-state index in [0.717, 1.165) is 12.8 Å². The van der Waals surface area contributed by atoms with Gasteiger partial charge in [-0.2, -0.15) is 5.10 Å². The number of rotatable bonds is 1. The van der Waals surface area contributed by atoms with Crippen LogP contribution >= 0.6 is 11.6 Å². The van der Waals surface area contributed by atoms with Gasteiger partial charge in [-0.05, 0) is 30.2 Å². The molecule has 0 fully saturated rings. The number of hydrogen-bond acceptors (Lipinski definition) is 1. The van der Waals surface area contributed by atoms with Crippen molar-refractivity contribution in [3.63, 3.8) is 0 Å². The van der Waals surface area contributed by atoms with E-state index in [1.165, 1.54) is 23.4 Å². The van der Waals surface area contributed by atoms with Gasteiger partial charge < -0.3 is 0 Å². The Morgan fingerprint density at radius 2 is 2.21 bits per heavy atom. The zero-order valence-corrected chi connectivity index (χ0v) is 9.86. The second kappa shape index (κ2) is 3.27. The van der Waals surface area contributed by atoms with E-state index in [9.17, 15) is 0 Å². The molecule has 2 nitrogen and oxygen atoms in total. The second-order valence-corrected chi connectivity index (χ2v) is 5.24. The zero-order chi connectivity index (χ0) is 10.3. The number of alkyl halides is 1. The third-order valence-corrected chi connectivity index (χ3v) is 3.44. The van der Waals surface area contributed by atoms with E-state index in [-0.39, 0.29) is 0 Å². The molecule has 3 heteroatoms. The lowest BCUT2D eigenvalue weighted by molar-refractivity contribution is 0.311. The summed E-state index contributed by atoms with van der Waals surface area (Å²) in [6.45, 7) is 4.62. The van der Waals surface area contributed by atoms with Crippen molar-refractivity contribution in [2.45, 2.75) is 39.0 Å². The van der Waals surface area contributed by atoms with Gasteiger partial charge in [0, 0.05) is 7.05 Å². The number of fused-ring (bicyclic) bond motifs is 1. The highest BCUT2D eigenvalue weighted by atomic mass is 35.5. The highest BCUT2D eigenvalue weighted by Gasteiger charge is 2.29. The van der Waals surface area contributed by atoms with Gasteiger partial charge in [-0.3, -0.25) is 4.68 Å². The van der Waals surface area contributed by atoms with Gasteiger partial charge in [-0.1, -0.05) is 13.8 Å². The van der Waals surface area contributed by atoms with Crippen molar-refractivity contribution in [1.29, 1.82) is 0 Å². The van der Waals surface area contributed by atoms with Crippen molar-refractivity contribution < 1.29 is 0 Å². The van der Waals surface area contributed by atoms with Crippen LogP contribution in [0.4, 0.5) is 0 Å². The van der Waals surface area contributed by atoms with Gasteiger partial charge >= 0.3 is 0 Å². The molecule has 1 aromatic rings. The number of hydrogen-bond donors (Lipinski definition) is 0. The Kier molecular flexibility index (Phi) is 2.34. The normalized spacial score (nSPS) is 19.4. The molecule has 0 unspecified atom stereocenters. The van der Waals surface area contributed by atoms with Gasteiger partial charge in [0.1, 0.15) is 0 Å². The van der Waals surface area contributed by atoms with E-state index in [0.29, 0.717) is 11.3 Å². The van der Waals surface area contributed by atoms with Crippen molar-refractivity contribution in [3.8, 4) is 0 Å². The third kappa shape index (κ3) is 1.56. The Bertz CT molecular complexity index is 352. The first-order valence-electron chi connectivity index (χ1n) is 5.13. The van der Waals surface area contributed by atoms with Gasteiger partial charge in [0.05, 0.1) is 17.3 Å². The van der Waals surface area contributed by atoms with E-state index >= 15 is 0 Å². The topological polar surface area (TPSA) is 17.8 Å². The molecule has 0 aliphatic heterocycles. The Labute approximate surface area is 90.3 Å². The summed E-state index contributed by atoms with van der Waals surface area (Å²) in [6.07, 6.45) is 3.47. The molecule has 0 radical (unpaired) electrons. The molecule has 14 heavy (non-hydrogen) atoms. The summed E-state index contributed by atoms with van der Waals surface area (Å²) in [5.74, 6) is 0.583. The van der Waals surface area contributed by atoms with Crippen molar-refractivity contribution in [3.05, 3.63) is 17.0 Å². The Hall–Kier alpha value is -0.500. The fraction of sp³-hybridized carbons (Fsp3) is 0.727. The number of aromatic nitrogens is 2. The van der Waals surface area contributed by atoms with Gasteiger partial charge in [-0.25, -0.2) is 0 Å². The second-order valence-electron chi connectivity index (χ2n) is 4.97. The first-order chi connectivity index (χ1) is 6.53. The van der Waals surface area contributed by atoms with Crippen LogP contribution < -0.4 is 0 Å². The van der Waals surface area contributed by atoms with Gasteiger partial charge in [0.15, 0.2) is 0 Å². The first-order valence-corrected chi connectivity index (χ1v) is 5.66. The van der Waals surface area contributed by atoms with Crippen molar-refractivity contribution in [2.75, 3.05) is 0 Å². The van der Waals surface area contributed by atoms with E-state index in [4.69, 9.17) is 11.6 Å². The molecule has 0 saturated carbocycles. The maximum absolute atomic E-state index is 5.92. The van der Waals surface area contributed by atoms with Crippen molar-refractivity contribution >= 4 is 11.6 Å². The first kappa shape index (κ1) is 10.0. The summed E-state index contributed by atoms with van der Waals surface area (Å²) in [4.78, 5) is 0. The van der Waals surface area contributed by atoms with Crippen molar-refractivity contribution in [1.82, 2.24) is 9.78 Å². The Morgan fingerprint density at radius 1 is 1.50 bits per heavy atom. The van der Waals surface area contributed by atoms with Crippen LogP contribution in [0.5, 0.6) is 0 Å². The molecule has 1 aliphatic carbocycles. The summed E-state index contributed by atoms with van der Waals surface area (Å²) in [5, 5.41) is 4.55. The fourth-order valence-corrected chi connectivity index (χ4v) is 2.60. The van der Waals surface area contributed by atoms with E-state index < -0.39 is 0 Å². The molecule has 1 aliphatic rings. The summed E-state index contributed by atoms with van der Waals surface area (Å²) in [7, 11) is 1.99. The number of nitrogens with zero attached hydrogens (tertiary/aromatic N) is 2. The lowest BCUT2D eigenvalue weighted by atomic mass is 9.76. The minimum atomic E-state index is 0.408. The minimum absolute atomic E-state index is 0.408. The molecule has 0 amide bonds. The van der Waals surface area contributed by atoms with Gasteiger partial charge in [0.25, 0.3) is 0 Å². The quantitative estimate of drug-likeness (QED) is 0.655. The molecule has 0 spiro atoms. The molecule has 0 N–H and O–H groups in total. The van der Waals surface area contributed by atoms with E-state index in [2.05, 4.69) is 18.9 Å². The largest absolute Gasteiger partial charge is 0.271 e. The fourth-order valence-electron chi connectivity index (χ4n) is 2.27. The Morgan fingerprint density at radius 3 is 2.86 bits per heavy atom. The SMILES string of the molecule is Cn1nc2c(c1CCl)CCC(C)(C)C2. The zero-order valence-electron chi connectivity index (χ0n) is 9.10. The highest BCUT2D eigenvalue weighted by Crippen LogP contribution is 2.35. The maximum atomic E-state index is 5.92. The summed E-state index contributed by atoms with van der Waals surface area (Å²) >= 11 is 5.92. The minimum Gasteiger partial charge on any atom is -0.271 e. The molecule has 1 heterocycles. The molecule has 0 saturated heterocycles. The molecule has 1 aromatic heterocycles. The molecular formula is C11H17ClN2. The van der Waals surface area contributed by atoms with Crippen LogP contribution in [0.1, 0.15) is 37.2 Å². The van der Waals surface area contributed by atoms with Crippen LogP contribution in [0.15, 0.2) is 0 Å². The van der Waals surface area contributed by atoms with E-state index in [1.807, 2.05) is 11.7 Å². The van der Waals surface area contributed by atoms with Gasteiger partial charge in [0.2, 0.25) is 0 Å². The van der Waals surface area contributed by atoms with Crippen LogP contribution in [-0.2, 0) is 25.8 Å². The number of halogens is 1. The average molecular weight is 213 g/mol. The molecule has 0 atom stereocenters. The predicted molar refractivity (Wildman–Crippen MR) is 58.6 cm³/mol. The van der Waals surface area contributed by atoms with E-state index in [1.54, 1.807) is 0 Å². The predicted octanol–water partition coefficient (Wildman–Crippen LogP) is 2.67. The summed E-state index contributed by atoms with van der Waals surface area (Å²) in [5.41, 5.74) is 4.28. The molecular weight excluding hydrogens is 196 g/mol. The van der Waals surface area contributed by atoms with Crippen LogP contribution in [-0.4, -0.2) is 9.78 Å². The summed E-state index contributed by atoms with van der Waals surface area (Å²) < 4.78 is 1.94. The van der Waals surface area contributed by atoms with Gasteiger partial charge in [-0.15, -0.1) is 11.6 Å². The Balaban J connectivity index is 2.41.